The van der Waals surface area contributed by atoms with Crippen LogP contribution in [0.15, 0.2) is 24.3 Å². The summed E-state index contributed by atoms with van der Waals surface area (Å²) in [6.07, 6.45) is 2.72. The van der Waals surface area contributed by atoms with E-state index in [-0.39, 0.29) is 0 Å². The van der Waals surface area contributed by atoms with Gasteiger partial charge in [0, 0.05) is 25.4 Å². The lowest BCUT2D eigenvalue weighted by molar-refractivity contribution is 0.126. The zero-order chi connectivity index (χ0) is 11.2. The van der Waals surface area contributed by atoms with E-state index in [2.05, 4.69) is 11.4 Å². The zero-order valence-corrected chi connectivity index (χ0v) is 9.61. The van der Waals surface area contributed by atoms with Gasteiger partial charge in [-0.2, -0.15) is 0 Å². The van der Waals surface area contributed by atoms with Gasteiger partial charge < -0.3 is 15.8 Å². The Labute approximate surface area is 97.0 Å². The van der Waals surface area contributed by atoms with E-state index < -0.39 is 0 Å². The van der Waals surface area contributed by atoms with Gasteiger partial charge in [0.25, 0.3) is 0 Å². The summed E-state index contributed by atoms with van der Waals surface area (Å²) >= 11 is 0. The molecule has 1 aromatic rings. The molecule has 0 saturated heterocycles. The third kappa shape index (κ3) is 4.21. The molecule has 0 aromatic heterocycles. The number of nitrogen functional groups attached to an aromatic ring is 1. The lowest BCUT2D eigenvalue weighted by atomic mass is 10.2. The maximum atomic E-state index is 5.70. The molecule has 0 aliphatic heterocycles. The third-order valence-electron chi connectivity index (χ3n) is 2.75. The Kier molecular flexibility index (Phi) is 4.19. The highest BCUT2D eigenvalue weighted by Gasteiger charge is 2.20. The Hall–Kier alpha value is -1.06. The van der Waals surface area contributed by atoms with Gasteiger partial charge in [0.2, 0.25) is 0 Å². The summed E-state index contributed by atoms with van der Waals surface area (Å²) in [5.74, 6) is 0.855. The van der Waals surface area contributed by atoms with Crippen LogP contribution in [0.3, 0.4) is 0 Å². The minimum absolute atomic E-state index is 0.804. The maximum absolute atomic E-state index is 5.70. The predicted molar refractivity (Wildman–Crippen MR) is 66.1 cm³/mol. The molecule has 16 heavy (non-hydrogen) atoms. The summed E-state index contributed by atoms with van der Waals surface area (Å²) in [7, 11) is 0. The van der Waals surface area contributed by atoms with E-state index in [4.69, 9.17) is 10.5 Å². The monoisotopic (exact) mass is 220 g/mol. The van der Waals surface area contributed by atoms with E-state index >= 15 is 0 Å². The highest BCUT2D eigenvalue weighted by Crippen LogP contribution is 2.28. The molecule has 1 saturated carbocycles. The molecule has 1 fully saturated rings. The summed E-state index contributed by atoms with van der Waals surface area (Å²) < 4.78 is 5.53. The van der Waals surface area contributed by atoms with Gasteiger partial charge in [0.15, 0.2) is 0 Å². The van der Waals surface area contributed by atoms with Gasteiger partial charge >= 0.3 is 0 Å². The Morgan fingerprint density at radius 3 is 3.00 bits per heavy atom. The smallest absolute Gasteiger partial charge is 0.0591 e. The summed E-state index contributed by atoms with van der Waals surface area (Å²) in [5, 5.41) is 3.34. The molecular formula is C13H20N2O. The number of benzene rings is 1. The first-order chi connectivity index (χ1) is 7.84. The van der Waals surface area contributed by atoms with Gasteiger partial charge in [0.05, 0.1) is 6.61 Å². The normalized spacial score (nSPS) is 15.2. The van der Waals surface area contributed by atoms with Crippen LogP contribution < -0.4 is 11.1 Å². The maximum Gasteiger partial charge on any atom is 0.0591 e. The topological polar surface area (TPSA) is 47.3 Å². The highest BCUT2D eigenvalue weighted by molar-refractivity contribution is 5.40. The number of anilines is 1. The Bertz CT molecular complexity index is 323. The van der Waals surface area contributed by atoms with Crippen molar-refractivity contribution in [3.8, 4) is 0 Å². The molecule has 0 unspecified atom stereocenters. The molecule has 3 nitrogen and oxygen atoms in total. The molecule has 1 aromatic carbocycles. The van der Waals surface area contributed by atoms with Crippen molar-refractivity contribution in [2.24, 2.45) is 5.92 Å². The van der Waals surface area contributed by atoms with Crippen molar-refractivity contribution in [2.75, 3.05) is 25.5 Å². The van der Waals surface area contributed by atoms with E-state index in [1.54, 1.807) is 0 Å². The fourth-order valence-corrected chi connectivity index (χ4v) is 1.61. The average molecular weight is 220 g/mol. The lowest BCUT2D eigenvalue weighted by Gasteiger charge is -2.06. The number of hydrogen-bond donors (Lipinski definition) is 2. The van der Waals surface area contributed by atoms with E-state index in [1.807, 2.05) is 18.2 Å². The fourth-order valence-electron chi connectivity index (χ4n) is 1.61. The van der Waals surface area contributed by atoms with Crippen LogP contribution in [0, 0.1) is 5.92 Å². The molecule has 0 heterocycles. The number of nitrogens with two attached hydrogens (primary N) is 1. The quantitative estimate of drug-likeness (QED) is 0.544. The Balaban J connectivity index is 1.53. The van der Waals surface area contributed by atoms with E-state index in [0.29, 0.717) is 0 Å². The Morgan fingerprint density at radius 2 is 2.25 bits per heavy atom. The second kappa shape index (κ2) is 5.87. The molecule has 2 rings (SSSR count). The van der Waals surface area contributed by atoms with Gasteiger partial charge in [-0.15, -0.1) is 0 Å². The van der Waals surface area contributed by atoms with Gasteiger partial charge in [-0.05, 0) is 36.5 Å². The molecule has 3 N–H and O–H groups in total. The number of rotatable bonds is 7. The molecule has 0 spiro atoms. The van der Waals surface area contributed by atoms with Gasteiger partial charge in [-0.25, -0.2) is 0 Å². The number of nitrogens with one attached hydrogen (secondary N) is 1. The standard InChI is InChI=1S/C13H20N2O/c14-13-3-1-2-12(8-13)9-15-6-7-16-10-11-4-5-11/h1-3,8,11,15H,4-7,9-10,14H2. The zero-order valence-electron chi connectivity index (χ0n) is 9.61. The van der Waals surface area contributed by atoms with Crippen molar-refractivity contribution in [1.82, 2.24) is 5.32 Å². The molecular weight excluding hydrogens is 200 g/mol. The minimum atomic E-state index is 0.804. The van der Waals surface area contributed by atoms with Crippen LogP contribution in [-0.4, -0.2) is 19.8 Å². The average Bonchev–Trinajstić information content (AvgIpc) is 3.07. The van der Waals surface area contributed by atoms with E-state index in [1.165, 1.54) is 18.4 Å². The minimum Gasteiger partial charge on any atom is -0.399 e. The molecule has 0 amide bonds. The molecule has 0 bridgehead atoms. The first-order valence-electron chi connectivity index (χ1n) is 5.97. The molecule has 3 heteroatoms. The van der Waals surface area contributed by atoms with Crippen molar-refractivity contribution >= 4 is 5.69 Å². The first-order valence-corrected chi connectivity index (χ1v) is 5.97. The van der Waals surface area contributed by atoms with Crippen LogP contribution in [0.2, 0.25) is 0 Å². The highest BCUT2D eigenvalue weighted by atomic mass is 16.5. The summed E-state index contributed by atoms with van der Waals surface area (Å²) in [6, 6.07) is 7.96. The molecule has 0 atom stereocenters. The SMILES string of the molecule is Nc1cccc(CNCCOCC2CC2)c1. The molecule has 88 valence electrons. The van der Waals surface area contributed by atoms with E-state index in [0.717, 1.165) is 37.9 Å². The van der Waals surface area contributed by atoms with Crippen LogP contribution in [0.5, 0.6) is 0 Å². The van der Waals surface area contributed by atoms with Gasteiger partial charge in [0.1, 0.15) is 0 Å². The molecule has 1 aliphatic rings. The largest absolute Gasteiger partial charge is 0.399 e. The van der Waals surface area contributed by atoms with Crippen molar-refractivity contribution in [1.29, 1.82) is 0 Å². The third-order valence-corrected chi connectivity index (χ3v) is 2.75. The van der Waals surface area contributed by atoms with Crippen molar-refractivity contribution < 1.29 is 4.74 Å². The van der Waals surface area contributed by atoms with Crippen LogP contribution >= 0.6 is 0 Å². The fraction of sp³-hybridized carbons (Fsp3) is 0.538. The predicted octanol–water partition coefficient (Wildman–Crippen LogP) is 1.78. The number of hydrogen-bond acceptors (Lipinski definition) is 3. The van der Waals surface area contributed by atoms with Crippen LogP contribution in [0.4, 0.5) is 5.69 Å². The summed E-state index contributed by atoms with van der Waals surface area (Å²) in [6.45, 7) is 3.51. The number of ether oxygens (including phenoxy) is 1. The molecule has 1 aliphatic carbocycles. The van der Waals surface area contributed by atoms with Crippen LogP contribution in [0.25, 0.3) is 0 Å². The van der Waals surface area contributed by atoms with Crippen molar-refractivity contribution in [3.63, 3.8) is 0 Å². The second-order valence-electron chi connectivity index (χ2n) is 4.44. The van der Waals surface area contributed by atoms with Gasteiger partial charge in [-0.1, -0.05) is 12.1 Å². The van der Waals surface area contributed by atoms with Crippen molar-refractivity contribution in [3.05, 3.63) is 29.8 Å². The van der Waals surface area contributed by atoms with Crippen LogP contribution in [-0.2, 0) is 11.3 Å². The van der Waals surface area contributed by atoms with E-state index in [9.17, 15) is 0 Å². The molecule has 0 radical (unpaired) electrons. The van der Waals surface area contributed by atoms with Crippen LogP contribution in [0.1, 0.15) is 18.4 Å². The first kappa shape index (κ1) is 11.4. The second-order valence-corrected chi connectivity index (χ2v) is 4.44. The Morgan fingerprint density at radius 1 is 1.38 bits per heavy atom. The van der Waals surface area contributed by atoms with Gasteiger partial charge in [-0.3, -0.25) is 0 Å². The van der Waals surface area contributed by atoms with Crippen molar-refractivity contribution in [2.45, 2.75) is 19.4 Å². The lowest BCUT2D eigenvalue weighted by Crippen LogP contribution is -2.19. The summed E-state index contributed by atoms with van der Waals surface area (Å²) in [4.78, 5) is 0. The summed E-state index contributed by atoms with van der Waals surface area (Å²) in [5.41, 5.74) is 7.75.